The molecule has 8 nitrogen and oxygen atoms in total. The van der Waals surface area contributed by atoms with E-state index in [1.165, 1.54) is 12.6 Å². The fourth-order valence-corrected chi connectivity index (χ4v) is 4.31. The molecule has 2 aliphatic rings. The third-order valence-corrected chi connectivity index (χ3v) is 6.18. The Labute approximate surface area is 221 Å². The smallest absolute Gasteiger partial charge is 0.185 e. The van der Waals surface area contributed by atoms with Gasteiger partial charge in [0, 0.05) is 42.3 Å². The molecule has 0 amide bonds. The molecular weight excluding hydrogens is 482 g/mol. The van der Waals surface area contributed by atoms with E-state index in [1.807, 2.05) is 55.6 Å². The first-order valence-electron chi connectivity index (χ1n) is 12.5. The van der Waals surface area contributed by atoms with Crippen molar-refractivity contribution in [3.8, 4) is 28.6 Å². The second-order valence-electron chi connectivity index (χ2n) is 8.58. The number of fused-ring (bicyclic) bond motifs is 3. The van der Waals surface area contributed by atoms with Crippen LogP contribution in [0.5, 0.6) is 17.2 Å². The average Bonchev–Trinajstić information content (AvgIpc) is 3.41. The normalized spacial score (nSPS) is 15.8. The molecule has 1 aliphatic carbocycles. The molecule has 1 fully saturated rings. The number of carbonyl (C=O) groups excluding carboxylic acids is 2. The first-order chi connectivity index (χ1) is 18.7. The molecule has 0 spiro atoms. The van der Waals surface area contributed by atoms with Crippen molar-refractivity contribution in [2.45, 2.75) is 31.3 Å². The number of nitrogens with two attached hydrogens (primary N) is 1. The van der Waals surface area contributed by atoms with Gasteiger partial charge in [0.1, 0.15) is 41.2 Å². The van der Waals surface area contributed by atoms with Crippen molar-refractivity contribution < 1.29 is 23.5 Å². The summed E-state index contributed by atoms with van der Waals surface area (Å²) < 4.78 is 17.1. The first kappa shape index (κ1) is 26.6. The van der Waals surface area contributed by atoms with Crippen molar-refractivity contribution in [2.75, 3.05) is 19.4 Å². The van der Waals surface area contributed by atoms with Gasteiger partial charge in [0.15, 0.2) is 12.0 Å². The number of aldehydes is 2. The lowest BCUT2D eigenvalue weighted by Gasteiger charge is -2.14. The first-order valence-corrected chi connectivity index (χ1v) is 12.5. The highest BCUT2D eigenvalue weighted by Crippen LogP contribution is 2.54. The quantitative estimate of drug-likeness (QED) is 0.291. The number of rotatable bonds is 8. The fourth-order valence-electron chi connectivity index (χ4n) is 4.31. The highest BCUT2D eigenvalue weighted by molar-refractivity contribution is 5.72. The van der Waals surface area contributed by atoms with E-state index in [9.17, 15) is 9.59 Å². The van der Waals surface area contributed by atoms with Crippen LogP contribution in [0.2, 0.25) is 0 Å². The van der Waals surface area contributed by atoms with Gasteiger partial charge in [-0.05, 0) is 56.3 Å². The maximum Gasteiger partial charge on any atom is 0.185 e. The van der Waals surface area contributed by atoms with Crippen molar-refractivity contribution in [2.24, 2.45) is 5.73 Å². The number of anilines is 1. The number of hydrogen-bond donors (Lipinski definition) is 2. The van der Waals surface area contributed by atoms with Crippen molar-refractivity contribution >= 4 is 18.4 Å². The minimum atomic E-state index is 0.360. The van der Waals surface area contributed by atoms with E-state index in [2.05, 4.69) is 22.1 Å². The Balaban J connectivity index is 0.000000190. The summed E-state index contributed by atoms with van der Waals surface area (Å²) in [6, 6.07) is 20.9. The molecule has 0 bridgehead atoms. The highest BCUT2D eigenvalue weighted by Gasteiger charge is 2.48. The number of benzene rings is 2. The number of ether oxygens (including phenoxy) is 2. The molecule has 0 radical (unpaired) electrons. The molecule has 0 saturated heterocycles. The van der Waals surface area contributed by atoms with Gasteiger partial charge in [0.25, 0.3) is 0 Å². The van der Waals surface area contributed by atoms with Gasteiger partial charge in [0.2, 0.25) is 0 Å². The van der Waals surface area contributed by atoms with E-state index in [1.54, 1.807) is 18.3 Å². The summed E-state index contributed by atoms with van der Waals surface area (Å²) in [6.07, 6.45) is 5.85. The Morgan fingerprint density at radius 3 is 2.61 bits per heavy atom. The van der Waals surface area contributed by atoms with Gasteiger partial charge in [-0.2, -0.15) is 0 Å². The van der Waals surface area contributed by atoms with Gasteiger partial charge >= 0.3 is 0 Å². The second-order valence-corrected chi connectivity index (χ2v) is 8.58. The van der Waals surface area contributed by atoms with Gasteiger partial charge < -0.3 is 29.7 Å². The van der Waals surface area contributed by atoms with Crippen LogP contribution >= 0.6 is 0 Å². The van der Waals surface area contributed by atoms with Gasteiger partial charge in [0.05, 0.1) is 0 Å². The van der Waals surface area contributed by atoms with Gasteiger partial charge in [-0.25, -0.2) is 4.98 Å². The Morgan fingerprint density at radius 2 is 1.89 bits per heavy atom. The van der Waals surface area contributed by atoms with E-state index in [0.29, 0.717) is 36.9 Å². The zero-order chi connectivity index (χ0) is 26.9. The van der Waals surface area contributed by atoms with Crippen LogP contribution in [0.15, 0.2) is 77.3 Å². The topological polar surface area (TPSA) is 117 Å². The van der Waals surface area contributed by atoms with Crippen LogP contribution in [-0.4, -0.2) is 37.8 Å². The van der Waals surface area contributed by atoms with Crippen molar-refractivity contribution in [3.63, 3.8) is 0 Å². The zero-order valence-corrected chi connectivity index (χ0v) is 21.4. The van der Waals surface area contributed by atoms with Crippen LogP contribution in [-0.2, 0) is 11.2 Å². The lowest BCUT2D eigenvalue weighted by atomic mass is 10.1. The second kappa shape index (κ2) is 12.7. The van der Waals surface area contributed by atoms with Crippen LogP contribution in [0.4, 0.5) is 5.82 Å². The molecule has 8 heteroatoms. The standard InChI is InChI=1S/C18H18N2O3.C11H8O2.CH5N/c1-19-18-12(3-2-8-21)16(6-7-20-18)22-11-4-5-15-13(9-11)14-10-17(14)23-15;12-8-10-6-7-11(13-10)9-4-2-1-3-5-9;1-2/h4-9,14,17H,2-3,10H2,1H3,(H,19,20);1-8H;2H2,1H3. The summed E-state index contributed by atoms with van der Waals surface area (Å²) in [5.74, 6) is 4.87. The SMILES string of the molecule is CN.CNc1nccc(Oc2ccc3c(c2)C2CC2O3)c1CCC=O.O=Cc1ccc(-c2ccccc2)o1. The minimum absolute atomic E-state index is 0.360. The Kier molecular flexibility index (Phi) is 8.89. The third-order valence-electron chi connectivity index (χ3n) is 6.18. The number of aromatic nitrogens is 1. The molecule has 1 saturated carbocycles. The predicted molar refractivity (Wildman–Crippen MR) is 146 cm³/mol. The van der Waals surface area contributed by atoms with E-state index < -0.39 is 0 Å². The number of nitrogens with one attached hydrogen (secondary N) is 1. The van der Waals surface area contributed by atoms with Crippen LogP contribution in [0.3, 0.4) is 0 Å². The van der Waals surface area contributed by atoms with Gasteiger partial charge in [-0.15, -0.1) is 0 Å². The number of pyridine rings is 1. The highest BCUT2D eigenvalue weighted by atomic mass is 16.5. The monoisotopic (exact) mass is 513 g/mol. The van der Waals surface area contributed by atoms with Crippen molar-refractivity contribution in [1.29, 1.82) is 0 Å². The zero-order valence-electron chi connectivity index (χ0n) is 21.4. The van der Waals surface area contributed by atoms with E-state index in [-0.39, 0.29) is 0 Å². The van der Waals surface area contributed by atoms with Gasteiger partial charge in [-0.1, -0.05) is 30.3 Å². The lowest BCUT2D eigenvalue weighted by Crippen LogP contribution is -2.02. The molecule has 2 aromatic heterocycles. The molecule has 3 N–H and O–H groups in total. The van der Waals surface area contributed by atoms with Crippen LogP contribution in [0.1, 0.15) is 40.4 Å². The summed E-state index contributed by atoms with van der Waals surface area (Å²) in [5.41, 5.74) is 7.64. The van der Waals surface area contributed by atoms with Gasteiger partial charge in [-0.3, -0.25) is 4.79 Å². The van der Waals surface area contributed by atoms with Crippen LogP contribution in [0, 0.1) is 0 Å². The molecule has 2 unspecified atom stereocenters. The molecule has 1 aliphatic heterocycles. The maximum atomic E-state index is 10.7. The molecule has 2 aromatic carbocycles. The van der Waals surface area contributed by atoms with Crippen molar-refractivity contribution in [3.05, 3.63) is 89.8 Å². The van der Waals surface area contributed by atoms with Crippen molar-refractivity contribution in [1.82, 2.24) is 4.98 Å². The molecule has 196 valence electrons. The largest absolute Gasteiger partial charge is 0.489 e. The molecule has 3 heterocycles. The molecular formula is C30H31N3O5. The van der Waals surface area contributed by atoms with E-state index in [0.717, 1.165) is 52.7 Å². The minimum Gasteiger partial charge on any atom is -0.489 e. The summed E-state index contributed by atoms with van der Waals surface area (Å²) >= 11 is 0. The van der Waals surface area contributed by atoms with Crippen LogP contribution in [0.25, 0.3) is 11.3 Å². The molecule has 2 atom stereocenters. The molecule has 38 heavy (non-hydrogen) atoms. The summed E-state index contributed by atoms with van der Waals surface area (Å²) in [6.45, 7) is 0. The Bertz CT molecular complexity index is 1370. The van der Waals surface area contributed by atoms with E-state index in [4.69, 9.17) is 13.9 Å². The third kappa shape index (κ3) is 6.10. The molecule has 4 aromatic rings. The van der Waals surface area contributed by atoms with Crippen LogP contribution < -0.4 is 20.5 Å². The Morgan fingerprint density at radius 1 is 1.08 bits per heavy atom. The van der Waals surface area contributed by atoms with E-state index >= 15 is 0 Å². The number of hydrogen-bond acceptors (Lipinski definition) is 8. The lowest BCUT2D eigenvalue weighted by molar-refractivity contribution is -0.107. The average molecular weight is 514 g/mol. The maximum absolute atomic E-state index is 10.7. The summed E-state index contributed by atoms with van der Waals surface area (Å²) in [5, 5.41) is 3.06. The summed E-state index contributed by atoms with van der Waals surface area (Å²) in [7, 11) is 3.32. The number of furan rings is 1. The predicted octanol–water partition coefficient (Wildman–Crippen LogP) is 5.63. The number of nitrogens with zero attached hydrogens (tertiary/aromatic N) is 1. The fraction of sp³-hybridized carbons (Fsp3) is 0.233. The number of carbonyl (C=O) groups is 2. The Hall–Kier alpha value is -4.43. The molecule has 6 rings (SSSR count). The summed E-state index contributed by atoms with van der Waals surface area (Å²) in [4.78, 5) is 25.4.